The average molecular weight is 639 g/mol. The van der Waals surface area contributed by atoms with Crippen LogP contribution in [-0.4, -0.2) is 0 Å². The van der Waals surface area contributed by atoms with Gasteiger partial charge in [0.05, 0.1) is 42.0 Å². The predicted molar refractivity (Wildman–Crippen MR) is 155 cm³/mol. The second-order valence-corrected chi connectivity index (χ2v) is 9.87. The zero-order valence-electron chi connectivity index (χ0n) is 25.1. The van der Waals surface area contributed by atoms with Gasteiger partial charge in [-0.05, 0) is 69.9 Å². The Kier molecular flexibility index (Phi) is 11.8. The van der Waals surface area contributed by atoms with Crippen molar-refractivity contribution < 1.29 is 35.1 Å². The van der Waals surface area contributed by atoms with Crippen molar-refractivity contribution in [1.82, 2.24) is 0 Å². The van der Waals surface area contributed by atoms with Gasteiger partial charge in [-0.1, -0.05) is 18.2 Å². The van der Waals surface area contributed by atoms with Crippen molar-refractivity contribution in [1.29, 1.82) is 10.5 Å². The summed E-state index contributed by atoms with van der Waals surface area (Å²) < 4.78 is 109. The van der Waals surface area contributed by atoms with E-state index in [-0.39, 0.29) is 0 Å². The van der Waals surface area contributed by atoms with E-state index in [4.69, 9.17) is 23.7 Å². The Balaban J connectivity index is 0.000000261. The number of rotatable bonds is 1. The molecule has 0 aliphatic heterocycles. The van der Waals surface area contributed by atoms with Crippen LogP contribution in [0.1, 0.15) is 44.5 Å². The molecule has 234 valence electrons. The third kappa shape index (κ3) is 7.15. The van der Waals surface area contributed by atoms with Gasteiger partial charge in [0.25, 0.3) is 0 Å². The SMILES string of the molecule is Cc1c(F)c(F)c(-c2c(F)c(F)c(C)c(F)c2F)c(F)c1F.[C-]#[N+]c1cc(C#N)c(C)cc1C.[C-]#[N+]c1cc(C)c(C#N)cc1C. The highest BCUT2D eigenvalue weighted by atomic mass is 19.2. The normalized spacial score (nSPS) is 9.87. The van der Waals surface area contributed by atoms with Gasteiger partial charge in [-0.2, -0.15) is 10.5 Å². The van der Waals surface area contributed by atoms with Crippen molar-refractivity contribution in [3.05, 3.63) is 138 Å². The highest BCUT2D eigenvalue weighted by Crippen LogP contribution is 2.37. The van der Waals surface area contributed by atoms with Crippen molar-refractivity contribution in [2.45, 2.75) is 41.5 Å². The van der Waals surface area contributed by atoms with E-state index in [0.717, 1.165) is 22.3 Å². The molecule has 0 aliphatic rings. The van der Waals surface area contributed by atoms with Crippen LogP contribution in [0.25, 0.3) is 20.8 Å². The Labute approximate surface area is 260 Å². The van der Waals surface area contributed by atoms with Crippen LogP contribution in [0, 0.1) is 124 Å². The van der Waals surface area contributed by atoms with Crippen LogP contribution in [0.4, 0.5) is 46.5 Å². The van der Waals surface area contributed by atoms with E-state index < -0.39 is 68.8 Å². The first-order chi connectivity index (χ1) is 21.5. The van der Waals surface area contributed by atoms with E-state index in [1.54, 1.807) is 18.2 Å². The summed E-state index contributed by atoms with van der Waals surface area (Å²) >= 11 is 0. The third-order valence-electron chi connectivity index (χ3n) is 6.78. The summed E-state index contributed by atoms with van der Waals surface area (Å²) in [5, 5.41) is 17.4. The number of benzene rings is 4. The van der Waals surface area contributed by atoms with Gasteiger partial charge in [0.1, 0.15) is 0 Å². The smallest absolute Gasteiger partial charge is 0.191 e. The molecule has 4 rings (SSSR count). The van der Waals surface area contributed by atoms with Gasteiger partial charge in [0, 0.05) is 16.7 Å². The van der Waals surface area contributed by atoms with Crippen LogP contribution in [0.2, 0.25) is 0 Å². The Morgan fingerprint density at radius 1 is 0.457 bits per heavy atom. The molecule has 0 amide bonds. The fraction of sp³-hybridized carbons (Fsp3) is 0.176. The molecule has 0 aromatic heterocycles. The number of hydrogen-bond donors (Lipinski definition) is 0. The molecule has 0 atom stereocenters. The molecule has 0 saturated carbocycles. The van der Waals surface area contributed by atoms with Crippen LogP contribution in [0.5, 0.6) is 0 Å². The minimum Gasteiger partial charge on any atom is -0.238 e. The van der Waals surface area contributed by atoms with E-state index in [0.29, 0.717) is 36.3 Å². The fourth-order valence-electron chi connectivity index (χ4n) is 4.05. The number of halogens is 8. The Hall–Kier alpha value is -5.72. The third-order valence-corrected chi connectivity index (χ3v) is 6.78. The van der Waals surface area contributed by atoms with Gasteiger partial charge < -0.3 is 0 Å². The molecule has 4 nitrogen and oxygen atoms in total. The van der Waals surface area contributed by atoms with Crippen LogP contribution in [-0.2, 0) is 0 Å². The number of aryl methyl sites for hydroxylation is 4. The van der Waals surface area contributed by atoms with Gasteiger partial charge in [0.15, 0.2) is 57.9 Å². The number of nitrogens with zero attached hydrogens (tertiary/aromatic N) is 4. The quantitative estimate of drug-likeness (QED) is 0.118. The lowest BCUT2D eigenvalue weighted by Gasteiger charge is -2.13. The molecule has 0 heterocycles. The van der Waals surface area contributed by atoms with E-state index in [9.17, 15) is 35.1 Å². The van der Waals surface area contributed by atoms with E-state index in [1.807, 2.05) is 33.8 Å². The summed E-state index contributed by atoms with van der Waals surface area (Å²) in [6.07, 6.45) is 0. The van der Waals surface area contributed by atoms with Crippen molar-refractivity contribution in [3.8, 4) is 23.3 Å². The molecule has 46 heavy (non-hydrogen) atoms. The van der Waals surface area contributed by atoms with E-state index >= 15 is 0 Å². The maximum atomic E-state index is 13.8. The van der Waals surface area contributed by atoms with Crippen molar-refractivity contribution in [2.24, 2.45) is 0 Å². The molecule has 4 aromatic carbocycles. The average Bonchev–Trinajstić information content (AvgIpc) is 3.04. The van der Waals surface area contributed by atoms with Crippen molar-refractivity contribution in [2.75, 3.05) is 0 Å². The molecular weight excluding hydrogens is 616 g/mol. The lowest BCUT2D eigenvalue weighted by molar-refractivity contribution is 0.433. The lowest BCUT2D eigenvalue weighted by Crippen LogP contribution is -2.09. The van der Waals surface area contributed by atoms with Gasteiger partial charge in [0.2, 0.25) is 0 Å². The topological polar surface area (TPSA) is 56.3 Å². The maximum absolute atomic E-state index is 13.8. The monoisotopic (exact) mass is 638 g/mol. The van der Waals surface area contributed by atoms with Gasteiger partial charge >= 0.3 is 0 Å². The summed E-state index contributed by atoms with van der Waals surface area (Å²) in [7, 11) is 0. The van der Waals surface area contributed by atoms with Crippen LogP contribution in [0.3, 0.4) is 0 Å². The molecule has 0 fully saturated rings. The Morgan fingerprint density at radius 2 is 0.761 bits per heavy atom. The minimum absolute atomic E-state index is 0.567. The molecule has 4 aromatic rings. The summed E-state index contributed by atoms with van der Waals surface area (Å²) in [6, 6.07) is 11.1. The molecule has 0 bridgehead atoms. The van der Waals surface area contributed by atoms with Crippen LogP contribution in [0.15, 0.2) is 24.3 Å². The summed E-state index contributed by atoms with van der Waals surface area (Å²) in [5.74, 6) is -16.3. The van der Waals surface area contributed by atoms with Gasteiger partial charge in [-0.15, -0.1) is 0 Å². The summed E-state index contributed by atoms with van der Waals surface area (Å²) in [6.45, 7) is 22.5. The summed E-state index contributed by atoms with van der Waals surface area (Å²) in [4.78, 5) is 6.67. The molecule has 0 N–H and O–H groups in total. The Morgan fingerprint density at radius 3 is 1.11 bits per heavy atom. The second-order valence-electron chi connectivity index (χ2n) is 9.87. The molecular formula is C34H22F8N4. The fourth-order valence-corrected chi connectivity index (χ4v) is 4.05. The molecule has 0 aliphatic carbocycles. The lowest BCUT2D eigenvalue weighted by atomic mass is 9.98. The first-order valence-corrected chi connectivity index (χ1v) is 12.9. The van der Waals surface area contributed by atoms with Gasteiger partial charge in [-0.25, -0.2) is 44.8 Å². The first-order valence-electron chi connectivity index (χ1n) is 12.9. The standard InChI is InChI=1S/C14H6F8.2C10H8N2/c1-3-7(15)11(19)5(12(20)8(3)16)6-13(21)9(17)4(2)10(18)14(6)22;1-7-5-10(12-3)8(2)4-9(7)6-11;1-7-4-8(2)10(12-3)5-9(7)6-11/h1-2H3;2*4-5H,1-2H3. The van der Waals surface area contributed by atoms with Gasteiger partial charge in [-0.3, -0.25) is 0 Å². The highest BCUT2D eigenvalue weighted by molar-refractivity contribution is 5.68. The molecule has 0 unspecified atom stereocenters. The zero-order chi connectivity index (χ0) is 35.2. The second kappa shape index (κ2) is 14.8. The van der Waals surface area contributed by atoms with Crippen LogP contribution >= 0.6 is 0 Å². The first kappa shape index (κ1) is 36.5. The van der Waals surface area contributed by atoms with Crippen LogP contribution < -0.4 is 0 Å². The largest absolute Gasteiger partial charge is 0.238 e. The number of hydrogen-bond acceptors (Lipinski definition) is 2. The molecule has 0 radical (unpaired) electrons. The summed E-state index contributed by atoms with van der Waals surface area (Å²) in [5.41, 5.74) is 0.183. The number of nitriles is 2. The van der Waals surface area contributed by atoms with E-state index in [2.05, 4.69) is 21.8 Å². The predicted octanol–water partition coefficient (Wildman–Crippen LogP) is 10.5. The molecule has 0 spiro atoms. The maximum Gasteiger partial charge on any atom is 0.191 e. The highest BCUT2D eigenvalue weighted by Gasteiger charge is 2.32. The minimum atomic E-state index is -2.16. The zero-order valence-corrected chi connectivity index (χ0v) is 25.1. The van der Waals surface area contributed by atoms with E-state index in [1.165, 1.54) is 0 Å². The molecule has 12 heteroatoms. The molecule has 0 saturated heterocycles. The van der Waals surface area contributed by atoms with Crippen molar-refractivity contribution >= 4 is 11.4 Å². The Bertz CT molecular complexity index is 1840. The van der Waals surface area contributed by atoms with Crippen molar-refractivity contribution in [3.63, 3.8) is 0 Å².